The molecular weight excluding hydrogens is 769 g/mol. The number of aromatic nitrogens is 2. The third-order valence-corrected chi connectivity index (χ3v) is 11.2. The number of para-hydroxylation sites is 2. The topological polar surface area (TPSA) is 33.6 Å². The number of halogens is 6. The average molecular weight is 798 g/mol. The molecule has 0 saturated heterocycles. The van der Waals surface area contributed by atoms with Crippen LogP contribution in [-0.2, 0) is 12.4 Å². The lowest BCUT2D eigenvalue weighted by atomic mass is 9.93. The highest BCUT2D eigenvalue weighted by molar-refractivity contribution is 6.12. The van der Waals surface area contributed by atoms with Crippen LogP contribution in [-0.4, -0.2) is 9.13 Å². The van der Waals surface area contributed by atoms with E-state index < -0.39 is 29.0 Å². The van der Waals surface area contributed by atoms with Gasteiger partial charge in [-0.05, 0) is 88.5 Å². The second kappa shape index (κ2) is 13.8. The van der Waals surface area contributed by atoms with Crippen LogP contribution in [0.3, 0.4) is 0 Å². The van der Waals surface area contributed by atoms with E-state index in [1.54, 1.807) is 10.6 Å². The maximum Gasteiger partial charge on any atom is 0.417 e. The molecule has 0 fully saturated rings. The van der Waals surface area contributed by atoms with Gasteiger partial charge in [0.1, 0.15) is 6.07 Å². The molecule has 8 aromatic carbocycles. The van der Waals surface area contributed by atoms with Gasteiger partial charge >= 0.3 is 12.4 Å². The molecule has 2 heterocycles. The van der Waals surface area contributed by atoms with Crippen molar-refractivity contribution < 1.29 is 26.3 Å². The highest BCUT2D eigenvalue weighted by Crippen LogP contribution is 2.46. The van der Waals surface area contributed by atoms with Gasteiger partial charge in [0, 0.05) is 27.1 Å². The van der Waals surface area contributed by atoms with E-state index in [-0.39, 0.29) is 28.6 Å². The quantitative estimate of drug-likeness (QED) is 0.160. The Kier molecular flexibility index (Phi) is 8.44. The summed E-state index contributed by atoms with van der Waals surface area (Å²) in [5, 5.41) is 14.3. The molecule has 2 aromatic heterocycles. The first-order valence-corrected chi connectivity index (χ1v) is 19.0. The molecule has 0 N–H and O–H groups in total. The van der Waals surface area contributed by atoms with Crippen LogP contribution in [0.4, 0.5) is 26.3 Å². The lowest BCUT2D eigenvalue weighted by Gasteiger charge is -2.22. The molecular formula is C51H29F6N3. The summed E-state index contributed by atoms with van der Waals surface area (Å²) in [6.07, 6.45) is -10.2. The minimum Gasteiger partial charge on any atom is -0.309 e. The molecule has 0 aliphatic rings. The van der Waals surface area contributed by atoms with Crippen LogP contribution in [0.25, 0.3) is 88.4 Å². The van der Waals surface area contributed by atoms with Gasteiger partial charge in [0.15, 0.2) is 0 Å². The fourth-order valence-corrected chi connectivity index (χ4v) is 8.53. The summed E-state index contributed by atoms with van der Waals surface area (Å²) in [5.74, 6) is 0. The molecule has 0 unspecified atom stereocenters. The normalized spacial score (nSPS) is 12.2. The predicted molar refractivity (Wildman–Crippen MR) is 226 cm³/mol. The van der Waals surface area contributed by atoms with Crippen molar-refractivity contribution in [2.45, 2.75) is 12.4 Å². The predicted octanol–water partition coefficient (Wildman–Crippen LogP) is 14.8. The number of hydrogen-bond donors (Lipinski definition) is 0. The van der Waals surface area contributed by atoms with Crippen LogP contribution < -0.4 is 0 Å². The Hall–Kier alpha value is -7.57. The molecule has 290 valence electrons. The number of hydrogen-bond acceptors (Lipinski definition) is 1. The maximum absolute atomic E-state index is 15.2. The fourth-order valence-electron chi connectivity index (χ4n) is 8.53. The van der Waals surface area contributed by atoms with Crippen molar-refractivity contribution in [3.8, 4) is 50.8 Å². The second-order valence-electron chi connectivity index (χ2n) is 14.7. The van der Waals surface area contributed by atoms with Crippen LogP contribution in [0.2, 0.25) is 0 Å². The first-order chi connectivity index (χ1) is 29.0. The van der Waals surface area contributed by atoms with Gasteiger partial charge in [-0.15, -0.1) is 0 Å². The molecule has 0 spiro atoms. The van der Waals surface area contributed by atoms with Crippen LogP contribution in [0, 0.1) is 11.3 Å². The van der Waals surface area contributed by atoms with E-state index >= 15 is 13.2 Å². The van der Waals surface area contributed by atoms with Crippen molar-refractivity contribution in [2.24, 2.45) is 0 Å². The minimum absolute atomic E-state index is 0.00771. The van der Waals surface area contributed by atoms with Crippen molar-refractivity contribution in [2.75, 3.05) is 0 Å². The zero-order valence-corrected chi connectivity index (χ0v) is 31.4. The van der Waals surface area contributed by atoms with Gasteiger partial charge in [0.25, 0.3) is 0 Å². The third kappa shape index (κ3) is 5.99. The molecule has 0 aliphatic heterocycles. The summed E-state index contributed by atoms with van der Waals surface area (Å²) in [6, 6.07) is 53.5. The molecule has 0 saturated carbocycles. The van der Waals surface area contributed by atoms with Gasteiger partial charge < -0.3 is 9.13 Å². The molecule has 0 aliphatic carbocycles. The molecule has 0 amide bonds. The van der Waals surface area contributed by atoms with Gasteiger partial charge in [-0.1, -0.05) is 115 Å². The lowest BCUT2D eigenvalue weighted by molar-refractivity contribution is -0.142. The smallest absolute Gasteiger partial charge is 0.309 e. The second-order valence-corrected chi connectivity index (χ2v) is 14.7. The Morgan fingerprint density at radius 1 is 0.383 bits per heavy atom. The molecule has 60 heavy (non-hydrogen) atoms. The van der Waals surface area contributed by atoms with Crippen LogP contribution in [0.1, 0.15) is 16.7 Å². The number of nitriles is 1. The van der Waals surface area contributed by atoms with Gasteiger partial charge in [-0.25, -0.2) is 0 Å². The lowest BCUT2D eigenvalue weighted by Crippen LogP contribution is -2.13. The summed E-state index contributed by atoms with van der Waals surface area (Å²) in [6.45, 7) is 0. The van der Waals surface area contributed by atoms with E-state index in [2.05, 4.69) is 6.07 Å². The first kappa shape index (κ1) is 36.7. The highest BCUT2D eigenvalue weighted by Gasteiger charge is 2.39. The standard InChI is InChI=1S/C51H29F6N3/c52-50(53,54)36-21-22-37(43(28-36)51(55,56)57)42-29-48(59-44-17-9-7-15-38(44)40-25-33(19-23-46(40)59)31-11-3-1-4-12-31)35(30-58)27-49(42)60-45-18-10-8-16-39(45)41-26-34(20-24-47(41)60)32-13-5-2-6-14-32/h1-29H. The van der Waals surface area contributed by atoms with Gasteiger partial charge in [-0.2, -0.15) is 31.6 Å². The summed E-state index contributed by atoms with van der Waals surface area (Å²) in [4.78, 5) is 0. The Morgan fingerprint density at radius 2 is 0.867 bits per heavy atom. The van der Waals surface area contributed by atoms with E-state index in [4.69, 9.17) is 0 Å². The number of benzene rings is 8. The maximum atomic E-state index is 15.2. The molecule has 10 rings (SSSR count). The van der Waals surface area contributed by atoms with Gasteiger partial charge in [0.2, 0.25) is 0 Å². The fraction of sp³-hybridized carbons (Fsp3) is 0.0392. The largest absolute Gasteiger partial charge is 0.417 e. The summed E-state index contributed by atoms with van der Waals surface area (Å²) >= 11 is 0. The average Bonchev–Trinajstić information content (AvgIpc) is 3.78. The Balaban J connectivity index is 1.32. The Labute approximate surface area is 339 Å². The van der Waals surface area contributed by atoms with E-state index in [1.165, 1.54) is 6.07 Å². The summed E-state index contributed by atoms with van der Waals surface area (Å²) in [7, 11) is 0. The van der Waals surface area contributed by atoms with E-state index in [9.17, 15) is 18.4 Å². The van der Waals surface area contributed by atoms with Crippen molar-refractivity contribution in [1.82, 2.24) is 9.13 Å². The molecule has 10 aromatic rings. The number of fused-ring (bicyclic) bond motifs is 6. The first-order valence-electron chi connectivity index (χ1n) is 19.0. The van der Waals surface area contributed by atoms with Crippen molar-refractivity contribution in [3.63, 3.8) is 0 Å². The number of rotatable bonds is 5. The molecule has 9 heteroatoms. The summed E-state index contributed by atoms with van der Waals surface area (Å²) in [5.41, 5.74) is 3.78. The van der Waals surface area contributed by atoms with Crippen LogP contribution >= 0.6 is 0 Å². The van der Waals surface area contributed by atoms with E-state index in [1.807, 2.05) is 150 Å². The summed E-state index contributed by atoms with van der Waals surface area (Å²) < 4.78 is 91.4. The number of alkyl halides is 6. The van der Waals surface area contributed by atoms with Crippen molar-refractivity contribution in [1.29, 1.82) is 5.26 Å². The monoisotopic (exact) mass is 797 g/mol. The molecule has 0 atom stereocenters. The SMILES string of the molecule is N#Cc1cc(-n2c3ccccc3c3cc(-c4ccccc4)ccc32)c(-c2ccc(C(F)(F)F)cc2C(F)(F)F)cc1-n1c2ccccc2c2cc(-c3ccccc3)ccc21. The zero-order valence-electron chi connectivity index (χ0n) is 31.4. The highest BCUT2D eigenvalue weighted by atomic mass is 19.4. The van der Waals surface area contributed by atoms with Crippen LogP contribution in [0.5, 0.6) is 0 Å². The van der Waals surface area contributed by atoms with Crippen LogP contribution in [0.15, 0.2) is 176 Å². The van der Waals surface area contributed by atoms with Gasteiger partial charge in [0.05, 0.1) is 50.1 Å². The van der Waals surface area contributed by atoms with Crippen molar-refractivity contribution >= 4 is 43.6 Å². The molecule has 3 nitrogen and oxygen atoms in total. The Morgan fingerprint density at radius 3 is 1.37 bits per heavy atom. The molecule has 0 radical (unpaired) electrons. The minimum atomic E-state index is -5.17. The van der Waals surface area contributed by atoms with Gasteiger partial charge in [-0.3, -0.25) is 0 Å². The zero-order chi connectivity index (χ0) is 41.3. The molecule has 0 bridgehead atoms. The third-order valence-electron chi connectivity index (χ3n) is 11.2. The Bertz CT molecular complexity index is 3350. The number of nitrogens with zero attached hydrogens (tertiary/aromatic N) is 3. The van der Waals surface area contributed by atoms with Crippen molar-refractivity contribution in [3.05, 3.63) is 193 Å². The van der Waals surface area contributed by atoms with E-state index in [0.717, 1.165) is 49.9 Å². The van der Waals surface area contributed by atoms with E-state index in [0.29, 0.717) is 28.1 Å².